The summed E-state index contributed by atoms with van der Waals surface area (Å²) in [6.45, 7) is -0.640. The number of nitrogens with two attached hydrogens (primary N) is 1. The number of hydrogen-bond acceptors (Lipinski definition) is 4. The number of rotatable bonds is 0. The van der Waals surface area contributed by atoms with E-state index in [2.05, 4.69) is 15.4 Å². The minimum atomic E-state index is -2.49. The zero-order chi connectivity index (χ0) is 18.2. The lowest BCUT2D eigenvalue weighted by Gasteiger charge is -2.17. The van der Waals surface area contributed by atoms with Crippen LogP contribution in [0.2, 0.25) is 0 Å². The molecule has 3 heterocycles. The lowest BCUT2D eigenvalue weighted by atomic mass is 9.96. The normalized spacial score (nSPS) is 24.8. The SMILES string of the molecule is [2H]C([2H])([2H])n1ncc2c1-c1cc(ccn1)[C@@H](N)CCC[C@@H](C)C(=O)N2. The summed E-state index contributed by atoms with van der Waals surface area (Å²) in [5, 5.41) is 6.76. The quantitative estimate of drug-likeness (QED) is 0.781. The Morgan fingerprint density at radius 2 is 2.36 bits per heavy atom. The molecule has 0 aliphatic carbocycles. The molecule has 1 amide bonds. The highest BCUT2D eigenvalue weighted by atomic mass is 16.1. The van der Waals surface area contributed by atoms with Crippen LogP contribution in [0.3, 0.4) is 0 Å². The zero-order valence-electron chi connectivity index (χ0n) is 15.4. The average molecular weight is 302 g/mol. The van der Waals surface area contributed by atoms with E-state index in [1.165, 1.54) is 6.20 Å². The molecule has 2 bridgehead atoms. The number of aromatic nitrogens is 3. The summed E-state index contributed by atoms with van der Waals surface area (Å²) in [5.74, 6) is -0.376. The second-order valence-corrected chi connectivity index (χ2v) is 5.72. The van der Waals surface area contributed by atoms with Gasteiger partial charge in [0.2, 0.25) is 5.91 Å². The topological polar surface area (TPSA) is 85.8 Å². The van der Waals surface area contributed by atoms with E-state index in [-0.39, 0.29) is 23.6 Å². The second kappa shape index (κ2) is 5.88. The zero-order valence-corrected chi connectivity index (χ0v) is 12.4. The minimum Gasteiger partial charge on any atom is -0.324 e. The van der Waals surface area contributed by atoms with E-state index in [9.17, 15) is 4.79 Å². The summed E-state index contributed by atoms with van der Waals surface area (Å²) < 4.78 is 24.0. The Morgan fingerprint density at radius 1 is 1.50 bits per heavy atom. The predicted octanol–water partition coefficient (Wildman–Crippen LogP) is 2.24. The van der Waals surface area contributed by atoms with Crippen molar-refractivity contribution in [2.75, 3.05) is 5.32 Å². The second-order valence-electron chi connectivity index (χ2n) is 5.72. The lowest BCUT2D eigenvalue weighted by molar-refractivity contribution is -0.119. The van der Waals surface area contributed by atoms with Crippen molar-refractivity contribution in [1.82, 2.24) is 14.8 Å². The van der Waals surface area contributed by atoms with Crippen molar-refractivity contribution in [3.63, 3.8) is 0 Å². The highest BCUT2D eigenvalue weighted by Gasteiger charge is 2.20. The third-order valence-electron chi connectivity index (χ3n) is 4.08. The van der Waals surface area contributed by atoms with Crippen LogP contribution < -0.4 is 11.1 Å². The number of hydrogen-bond donors (Lipinski definition) is 2. The van der Waals surface area contributed by atoms with Crippen molar-refractivity contribution in [2.45, 2.75) is 32.2 Å². The minimum absolute atomic E-state index is 0.170. The molecule has 3 rings (SSSR count). The maximum absolute atomic E-state index is 12.4. The van der Waals surface area contributed by atoms with Crippen LogP contribution in [0.5, 0.6) is 0 Å². The molecule has 0 spiro atoms. The summed E-state index contributed by atoms with van der Waals surface area (Å²) in [5.41, 5.74) is 8.16. The molecule has 0 aromatic carbocycles. The van der Waals surface area contributed by atoms with Crippen molar-refractivity contribution < 1.29 is 8.91 Å². The lowest BCUT2D eigenvalue weighted by Crippen LogP contribution is -2.21. The predicted molar refractivity (Wildman–Crippen MR) is 85.0 cm³/mol. The van der Waals surface area contributed by atoms with Gasteiger partial charge in [-0.2, -0.15) is 5.10 Å². The van der Waals surface area contributed by atoms with Gasteiger partial charge in [0.25, 0.3) is 0 Å². The van der Waals surface area contributed by atoms with Crippen molar-refractivity contribution in [3.05, 3.63) is 30.1 Å². The number of fused-ring (bicyclic) bond motifs is 4. The molecule has 1 aliphatic heterocycles. The van der Waals surface area contributed by atoms with Gasteiger partial charge in [0, 0.05) is 29.2 Å². The van der Waals surface area contributed by atoms with Crippen molar-refractivity contribution >= 4 is 11.6 Å². The largest absolute Gasteiger partial charge is 0.324 e. The van der Waals surface area contributed by atoms with Crippen LogP contribution >= 0.6 is 0 Å². The van der Waals surface area contributed by atoms with Gasteiger partial charge in [0.1, 0.15) is 5.69 Å². The number of amides is 1. The smallest absolute Gasteiger partial charge is 0.227 e. The van der Waals surface area contributed by atoms with Gasteiger partial charge in [-0.3, -0.25) is 14.5 Å². The number of nitrogens with one attached hydrogen (secondary N) is 1. The molecule has 22 heavy (non-hydrogen) atoms. The van der Waals surface area contributed by atoms with Crippen LogP contribution in [0.25, 0.3) is 11.4 Å². The highest BCUT2D eigenvalue weighted by Crippen LogP contribution is 2.29. The summed E-state index contributed by atoms with van der Waals surface area (Å²) in [4.78, 5) is 16.7. The molecular weight excluding hydrogens is 278 g/mol. The monoisotopic (exact) mass is 302 g/mol. The maximum atomic E-state index is 12.4. The Morgan fingerprint density at radius 3 is 3.18 bits per heavy atom. The van der Waals surface area contributed by atoms with E-state index in [0.29, 0.717) is 17.8 Å². The number of pyridine rings is 1. The standard InChI is InChI=1S/C16H21N5O/c1-10-4-3-5-12(17)11-6-7-18-13(8-11)15-14(20-16(10)22)9-19-21(15)2/h6-10,12H,3-5,17H2,1-2H3,(H,20,22)/t10-,12+/m1/s1/i2D3. The van der Waals surface area contributed by atoms with Crippen LogP contribution in [-0.4, -0.2) is 20.7 Å². The summed E-state index contributed by atoms with van der Waals surface area (Å²) in [7, 11) is 0. The van der Waals surface area contributed by atoms with Gasteiger partial charge in [-0.25, -0.2) is 0 Å². The molecule has 2 aromatic rings. The third kappa shape index (κ3) is 2.74. The first-order chi connectivity index (χ1) is 11.8. The van der Waals surface area contributed by atoms with E-state index in [0.717, 1.165) is 23.1 Å². The average Bonchev–Trinajstić information content (AvgIpc) is 2.97. The van der Waals surface area contributed by atoms with E-state index >= 15 is 0 Å². The Labute approximate surface area is 133 Å². The summed E-state index contributed by atoms with van der Waals surface area (Å²) in [6.07, 6.45) is 5.23. The Balaban J connectivity index is 2.18. The first-order valence-corrected chi connectivity index (χ1v) is 7.38. The van der Waals surface area contributed by atoms with Gasteiger partial charge < -0.3 is 11.1 Å². The highest BCUT2D eigenvalue weighted by molar-refractivity contribution is 5.95. The number of carbonyl (C=O) groups excluding carboxylic acids is 1. The molecule has 2 aromatic heterocycles. The molecule has 6 nitrogen and oxygen atoms in total. The first-order valence-electron chi connectivity index (χ1n) is 8.88. The number of carbonyl (C=O) groups is 1. The number of anilines is 1. The van der Waals surface area contributed by atoms with Gasteiger partial charge in [-0.15, -0.1) is 0 Å². The molecule has 6 heteroatoms. The van der Waals surface area contributed by atoms with Gasteiger partial charge in [-0.05, 0) is 30.5 Å². The van der Waals surface area contributed by atoms with E-state index in [1.54, 1.807) is 12.3 Å². The molecule has 0 saturated heterocycles. The van der Waals surface area contributed by atoms with Gasteiger partial charge in [0.05, 0.1) is 17.6 Å². The first kappa shape index (κ1) is 11.4. The molecule has 0 unspecified atom stereocenters. The Kier molecular flexibility index (Phi) is 3.04. The van der Waals surface area contributed by atoms with Gasteiger partial charge in [-0.1, -0.05) is 13.3 Å². The Hall–Kier alpha value is -2.21. The van der Waals surface area contributed by atoms with Crippen LogP contribution in [0.15, 0.2) is 24.5 Å². The fourth-order valence-electron chi connectivity index (χ4n) is 2.69. The van der Waals surface area contributed by atoms with Gasteiger partial charge in [0.15, 0.2) is 0 Å². The molecule has 2 atom stereocenters. The van der Waals surface area contributed by atoms with Gasteiger partial charge >= 0.3 is 0 Å². The molecule has 116 valence electrons. The number of aryl methyl sites for hydroxylation is 1. The fourth-order valence-corrected chi connectivity index (χ4v) is 2.69. The van der Waals surface area contributed by atoms with E-state index in [4.69, 9.17) is 9.85 Å². The van der Waals surface area contributed by atoms with Crippen LogP contribution in [-0.2, 0) is 11.8 Å². The van der Waals surface area contributed by atoms with Crippen molar-refractivity contribution in [2.24, 2.45) is 18.6 Å². The summed E-state index contributed by atoms with van der Waals surface area (Å²) in [6, 6.07) is 3.41. The molecule has 0 saturated carbocycles. The maximum Gasteiger partial charge on any atom is 0.227 e. The van der Waals surface area contributed by atoms with E-state index in [1.807, 2.05) is 13.0 Å². The van der Waals surface area contributed by atoms with Crippen LogP contribution in [0, 0.1) is 5.92 Å². The third-order valence-corrected chi connectivity index (χ3v) is 4.08. The molecule has 0 radical (unpaired) electrons. The molecule has 0 fully saturated rings. The van der Waals surface area contributed by atoms with Crippen molar-refractivity contribution in [3.8, 4) is 11.4 Å². The van der Waals surface area contributed by atoms with Crippen molar-refractivity contribution in [1.29, 1.82) is 0 Å². The van der Waals surface area contributed by atoms with Crippen LogP contribution in [0.4, 0.5) is 5.69 Å². The Bertz CT molecular complexity index is 786. The van der Waals surface area contributed by atoms with E-state index < -0.39 is 6.98 Å². The number of nitrogens with zero attached hydrogens (tertiary/aromatic N) is 3. The molecule has 1 aliphatic rings. The molecule has 3 N–H and O–H groups in total. The summed E-state index contributed by atoms with van der Waals surface area (Å²) >= 11 is 0. The molecular formula is C16H21N5O. The fraction of sp³-hybridized carbons (Fsp3) is 0.438. The van der Waals surface area contributed by atoms with Crippen LogP contribution in [0.1, 0.15) is 41.9 Å².